The first-order valence-electron chi connectivity index (χ1n) is 4.26. The van der Waals surface area contributed by atoms with Gasteiger partial charge in [0.25, 0.3) is 0 Å². The molecule has 0 saturated carbocycles. The first-order valence-corrected chi connectivity index (χ1v) is 4.26. The van der Waals surface area contributed by atoms with Crippen LogP contribution in [0.1, 0.15) is 25.7 Å². The van der Waals surface area contributed by atoms with Crippen LogP contribution in [0.3, 0.4) is 0 Å². The highest BCUT2D eigenvalue weighted by molar-refractivity contribution is 4.65. The minimum absolute atomic E-state index is 0.355. The lowest BCUT2D eigenvalue weighted by Gasteiger charge is -2.12. The topological polar surface area (TPSA) is 23.5 Å². The summed E-state index contributed by atoms with van der Waals surface area (Å²) in [5, 5.41) is 8.52. The molecule has 1 aliphatic heterocycles. The minimum Gasteiger partial charge on any atom is -0.396 e. The maximum Gasteiger partial charge on any atom is 0.0431 e. The minimum atomic E-state index is 0.355. The largest absolute Gasteiger partial charge is 0.396 e. The Morgan fingerprint density at radius 3 is 2.40 bits per heavy atom. The number of unbranched alkanes of at least 4 members (excludes halogenated alkanes) is 1. The molecule has 0 aromatic rings. The molecule has 0 spiro atoms. The molecule has 0 aromatic heterocycles. The lowest BCUT2D eigenvalue weighted by atomic mass is 10.3. The quantitative estimate of drug-likeness (QED) is 0.590. The van der Waals surface area contributed by atoms with Crippen LogP contribution in [-0.2, 0) is 0 Å². The van der Waals surface area contributed by atoms with Crippen LogP contribution in [-0.4, -0.2) is 36.2 Å². The first kappa shape index (κ1) is 8.02. The van der Waals surface area contributed by atoms with Gasteiger partial charge in [0, 0.05) is 6.61 Å². The average Bonchev–Trinajstić information content (AvgIpc) is 2.41. The summed E-state index contributed by atoms with van der Waals surface area (Å²) in [5.41, 5.74) is 0. The third kappa shape index (κ3) is 2.67. The Morgan fingerprint density at radius 1 is 1.10 bits per heavy atom. The number of hydrogen-bond acceptors (Lipinski definition) is 2. The zero-order valence-corrected chi connectivity index (χ0v) is 6.55. The van der Waals surface area contributed by atoms with Crippen LogP contribution in [0.2, 0.25) is 0 Å². The molecule has 2 heteroatoms. The van der Waals surface area contributed by atoms with E-state index in [4.69, 9.17) is 5.11 Å². The van der Waals surface area contributed by atoms with E-state index >= 15 is 0 Å². The lowest BCUT2D eigenvalue weighted by molar-refractivity contribution is 0.264. The van der Waals surface area contributed by atoms with Crippen molar-refractivity contribution in [2.24, 2.45) is 0 Å². The summed E-state index contributed by atoms with van der Waals surface area (Å²) in [6.07, 6.45) is 4.88. The zero-order valence-electron chi connectivity index (χ0n) is 6.55. The van der Waals surface area contributed by atoms with Gasteiger partial charge >= 0.3 is 0 Å². The van der Waals surface area contributed by atoms with E-state index in [1.54, 1.807) is 0 Å². The maximum absolute atomic E-state index is 8.52. The van der Waals surface area contributed by atoms with Gasteiger partial charge in [-0.15, -0.1) is 0 Å². The second-order valence-corrected chi connectivity index (χ2v) is 2.98. The van der Waals surface area contributed by atoms with Gasteiger partial charge in [-0.25, -0.2) is 0 Å². The molecule has 1 N–H and O–H groups in total. The Morgan fingerprint density at radius 2 is 1.80 bits per heavy atom. The van der Waals surface area contributed by atoms with Crippen LogP contribution in [0.4, 0.5) is 0 Å². The zero-order chi connectivity index (χ0) is 7.23. The number of hydrogen-bond donors (Lipinski definition) is 1. The second kappa shape index (κ2) is 4.69. The van der Waals surface area contributed by atoms with Gasteiger partial charge in [0.05, 0.1) is 0 Å². The van der Waals surface area contributed by atoms with Crippen LogP contribution >= 0.6 is 0 Å². The van der Waals surface area contributed by atoms with Gasteiger partial charge in [-0.2, -0.15) is 0 Å². The molecule has 0 aromatic carbocycles. The maximum atomic E-state index is 8.52. The van der Waals surface area contributed by atoms with E-state index in [1.165, 1.54) is 32.5 Å². The lowest BCUT2D eigenvalue weighted by Crippen LogP contribution is -2.20. The first-order chi connectivity index (χ1) is 4.93. The number of rotatable bonds is 4. The van der Waals surface area contributed by atoms with Crippen molar-refractivity contribution in [3.8, 4) is 0 Å². The molecular weight excluding hydrogens is 126 g/mol. The number of aliphatic hydroxyl groups excluding tert-OH is 1. The van der Waals surface area contributed by atoms with Crippen LogP contribution in [0.25, 0.3) is 0 Å². The molecule has 0 aliphatic carbocycles. The highest BCUT2D eigenvalue weighted by Gasteiger charge is 2.09. The molecule has 2 nitrogen and oxygen atoms in total. The Hall–Kier alpha value is -0.0800. The molecule has 10 heavy (non-hydrogen) atoms. The van der Waals surface area contributed by atoms with Crippen LogP contribution in [0.5, 0.6) is 0 Å². The number of nitrogens with zero attached hydrogens (tertiary/aromatic N) is 1. The third-order valence-corrected chi connectivity index (χ3v) is 2.08. The standard InChI is InChI=1S/C8H17NO/c10-8-4-3-7-9-5-1-2-6-9/h10H,1-8H2. The van der Waals surface area contributed by atoms with Crippen LogP contribution in [0.15, 0.2) is 0 Å². The molecule has 1 saturated heterocycles. The van der Waals surface area contributed by atoms with E-state index in [2.05, 4.69) is 4.90 Å². The fraction of sp³-hybridized carbons (Fsp3) is 1.00. The Labute approximate surface area is 62.8 Å². The smallest absolute Gasteiger partial charge is 0.0431 e. The van der Waals surface area contributed by atoms with E-state index in [0.29, 0.717) is 6.61 Å². The van der Waals surface area contributed by atoms with Gasteiger partial charge in [-0.1, -0.05) is 0 Å². The Balaban J connectivity index is 1.91. The summed E-state index contributed by atoms with van der Waals surface area (Å²) in [5.74, 6) is 0. The molecule has 1 rings (SSSR count). The van der Waals surface area contributed by atoms with Crippen molar-refractivity contribution in [3.63, 3.8) is 0 Å². The second-order valence-electron chi connectivity index (χ2n) is 2.98. The van der Waals surface area contributed by atoms with Crippen molar-refractivity contribution in [2.75, 3.05) is 26.2 Å². The summed E-state index contributed by atoms with van der Waals surface area (Å²) in [4.78, 5) is 2.48. The van der Waals surface area contributed by atoms with Crippen molar-refractivity contribution >= 4 is 0 Å². The Kier molecular flexibility index (Phi) is 3.76. The van der Waals surface area contributed by atoms with Crippen molar-refractivity contribution in [2.45, 2.75) is 25.7 Å². The summed E-state index contributed by atoms with van der Waals surface area (Å²) in [6.45, 7) is 4.12. The van der Waals surface area contributed by atoms with E-state index in [9.17, 15) is 0 Å². The number of likely N-dealkylation sites (tertiary alicyclic amines) is 1. The van der Waals surface area contributed by atoms with E-state index in [1.807, 2.05) is 0 Å². The number of aliphatic hydroxyl groups is 1. The van der Waals surface area contributed by atoms with E-state index < -0.39 is 0 Å². The predicted molar refractivity (Wildman–Crippen MR) is 42.0 cm³/mol. The van der Waals surface area contributed by atoms with Gasteiger partial charge in [0.1, 0.15) is 0 Å². The monoisotopic (exact) mass is 143 g/mol. The molecule has 0 unspecified atom stereocenters. The van der Waals surface area contributed by atoms with Crippen molar-refractivity contribution in [1.29, 1.82) is 0 Å². The molecule has 0 radical (unpaired) electrons. The van der Waals surface area contributed by atoms with E-state index in [0.717, 1.165) is 12.8 Å². The summed E-state index contributed by atoms with van der Waals surface area (Å²) >= 11 is 0. The van der Waals surface area contributed by atoms with Gasteiger partial charge in [0.15, 0.2) is 0 Å². The molecular formula is C8H17NO. The summed E-state index contributed by atoms with van der Waals surface area (Å²) < 4.78 is 0. The van der Waals surface area contributed by atoms with Crippen molar-refractivity contribution < 1.29 is 5.11 Å². The molecule has 1 heterocycles. The fourth-order valence-electron chi connectivity index (χ4n) is 1.45. The summed E-state index contributed by atoms with van der Waals surface area (Å²) in [7, 11) is 0. The summed E-state index contributed by atoms with van der Waals surface area (Å²) in [6, 6.07) is 0. The molecule has 0 amide bonds. The highest BCUT2D eigenvalue weighted by Crippen LogP contribution is 2.07. The van der Waals surface area contributed by atoms with Gasteiger partial charge in [-0.05, 0) is 45.3 Å². The molecule has 1 aliphatic rings. The fourth-order valence-corrected chi connectivity index (χ4v) is 1.45. The van der Waals surface area contributed by atoms with Crippen LogP contribution in [0, 0.1) is 0 Å². The average molecular weight is 143 g/mol. The van der Waals surface area contributed by atoms with Gasteiger partial charge in [-0.3, -0.25) is 0 Å². The molecule has 60 valence electrons. The molecule has 0 atom stereocenters. The van der Waals surface area contributed by atoms with Crippen molar-refractivity contribution in [3.05, 3.63) is 0 Å². The van der Waals surface area contributed by atoms with E-state index in [-0.39, 0.29) is 0 Å². The highest BCUT2D eigenvalue weighted by atomic mass is 16.2. The van der Waals surface area contributed by atoms with Crippen molar-refractivity contribution in [1.82, 2.24) is 4.90 Å². The third-order valence-electron chi connectivity index (χ3n) is 2.08. The predicted octanol–water partition coefficient (Wildman–Crippen LogP) is 0.855. The van der Waals surface area contributed by atoms with Gasteiger partial charge in [0.2, 0.25) is 0 Å². The molecule has 0 bridgehead atoms. The molecule has 1 fully saturated rings. The van der Waals surface area contributed by atoms with Crippen LogP contribution < -0.4 is 0 Å². The Bertz CT molecular complexity index is 79.3. The SMILES string of the molecule is OCCCCN1CCCC1. The van der Waals surface area contributed by atoms with Gasteiger partial charge < -0.3 is 10.0 Å². The normalized spacial score (nSPS) is 20.1.